The molecule has 2 N–H and O–H groups in total. The number of nitrogens with one attached hydrogen (secondary N) is 2. The van der Waals surface area contributed by atoms with Crippen molar-refractivity contribution in [2.75, 3.05) is 10.6 Å². The van der Waals surface area contributed by atoms with E-state index in [4.69, 9.17) is 9.47 Å². The van der Waals surface area contributed by atoms with Crippen LogP contribution in [0.1, 0.15) is 15.9 Å². The Labute approximate surface area is 196 Å². The summed E-state index contributed by atoms with van der Waals surface area (Å²) in [5.74, 6) is 1.51. The van der Waals surface area contributed by atoms with Crippen LogP contribution in [-0.2, 0) is 11.2 Å². The average Bonchev–Trinajstić information content (AvgIpc) is 3.31. The minimum atomic E-state index is -0.595. The van der Waals surface area contributed by atoms with Gasteiger partial charge in [-0.05, 0) is 66.2 Å². The molecule has 7 heteroatoms. The maximum Gasteiger partial charge on any atom is 0.265 e. The zero-order chi connectivity index (χ0) is 23.3. The highest BCUT2D eigenvalue weighted by Gasteiger charge is 2.28. The second-order valence-electron chi connectivity index (χ2n) is 7.75. The molecule has 5 rings (SSSR count). The Morgan fingerprint density at radius 1 is 0.824 bits per heavy atom. The molecule has 1 aliphatic heterocycles. The number of rotatable bonds is 6. The lowest BCUT2D eigenvalue weighted by Crippen LogP contribution is -2.31. The normalized spacial score (nSPS) is 13.9. The van der Waals surface area contributed by atoms with Gasteiger partial charge in [-0.2, -0.15) is 0 Å². The number of amides is 2. The van der Waals surface area contributed by atoms with Gasteiger partial charge in [0.1, 0.15) is 17.2 Å². The van der Waals surface area contributed by atoms with Crippen LogP contribution >= 0.6 is 0 Å². The van der Waals surface area contributed by atoms with Crippen LogP contribution in [0.15, 0.2) is 97.3 Å². The fourth-order valence-electron chi connectivity index (χ4n) is 3.64. The lowest BCUT2D eigenvalue weighted by molar-refractivity contribution is -0.122. The molecule has 7 nitrogen and oxygen atoms in total. The number of para-hydroxylation sites is 1. The van der Waals surface area contributed by atoms with Crippen LogP contribution in [0.5, 0.6) is 17.2 Å². The third-order valence-electron chi connectivity index (χ3n) is 5.33. The van der Waals surface area contributed by atoms with Crippen molar-refractivity contribution in [1.29, 1.82) is 0 Å². The summed E-state index contributed by atoms with van der Waals surface area (Å²) in [6, 6.07) is 25.0. The van der Waals surface area contributed by atoms with Crippen LogP contribution < -0.4 is 20.1 Å². The van der Waals surface area contributed by atoms with Gasteiger partial charge in [0.05, 0.1) is 0 Å². The molecule has 0 bridgehead atoms. The molecular formula is C27H21N3O4. The van der Waals surface area contributed by atoms with Crippen LogP contribution in [0, 0.1) is 0 Å². The first-order valence-corrected chi connectivity index (χ1v) is 10.8. The van der Waals surface area contributed by atoms with Gasteiger partial charge in [0.2, 0.25) is 0 Å². The fourth-order valence-corrected chi connectivity index (χ4v) is 3.64. The van der Waals surface area contributed by atoms with Crippen molar-refractivity contribution in [2.24, 2.45) is 0 Å². The quantitative estimate of drug-likeness (QED) is 0.427. The molecule has 1 aromatic heterocycles. The lowest BCUT2D eigenvalue weighted by Gasteiger charge is -2.12. The Balaban J connectivity index is 1.19. The largest absolute Gasteiger partial charge is 0.480 e. The predicted octanol–water partition coefficient (Wildman–Crippen LogP) is 5.07. The number of ether oxygens (including phenoxy) is 2. The fraction of sp³-hybridized carbons (Fsp3) is 0.0741. The van der Waals surface area contributed by atoms with Gasteiger partial charge in [-0.3, -0.25) is 14.6 Å². The zero-order valence-corrected chi connectivity index (χ0v) is 18.1. The van der Waals surface area contributed by atoms with Crippen molar-refractivity contribution in [3.8, 4) is 17.2 Å². The summed E-state index contributed by atoms with van der Waals surface area (Å²) in [7, 11) is 0. The van der Waals surface area contributed by atoms with E-state index in [1.807, 2.05) is 24.3 Å². The van der Waals surface area contributed by atoms with Gasteiger partial charge in [-0.15, -0.1) is 0 Å². The molecule has 0 spiro atoms. The Bertz CT molecular complexity index is 1300. The van der Waals surface area contributed by atoms with Crippen molar-refractivity contribution < 1.29 is 19.1 Å². The molecule has 2 amide bonds. The van der Waals surface area contributed by atoms with Gasteiger partial charge >= 0.3 is 0 Å². The maximum absolute atomic E-state index is 12.7. The van der Waals surface area contributed by atoms with Crippen molar-refractivity contribution >= 4 is 23.2 Å². The van der Waals surface area contributed by atoms with Crippen molar-refractivity contribution in [3.63, 3.8) is 0 Å². The van der Waals surface area contributed by atoms with E-state index in [2.05, 4.69) is 15.6 Å². The first kappa shape index (κ1) is 21.2. The van der Waals surface area contributed by atoms with Gasteiger partial charge in [-0.1, -0.05) is 24.3 Å². The molecule has 34 heavy (non-hydrogen) atoms. The van der Waals surface area contributed by atoms with Crippen LogP contribution in [0.4, 0.5) is 11.4 Å². The summed E-state index contributed by atoms with van der Waals surface area (Å²) in [4.78, 5) is 29.4. The highest BCUT2D eigenvalue weighted by atomic mass is 16.5. The van der Waals surface area contributed by atoms with E-state index in [0.29, 0.717) is 34.9 Å². The van der Waals surface area contributed by atoms with E-state index in [1.54, 1.807) is 73.1 Å². The number of anilines is 2. The molecule has 2 heterocycles. The highest BCUT2D eigenvalue weighted by Crippen LogP contribution is 2.29. The summed E-state index contributed by atoms with van der Waals surface area (Å²) in [5.41, 5.74) is 2.58. The molecule has 1 unspecified atom stereocenters. The molecule has 4 aromatic rings. The zero-order valence-electron chi connectivity index (χ0n) is 18.1. The van der Waals surface area contributed by atoms with Crippen LogP contribution in [0.25, 0.3) is 0 Å². The number of carbonyl (C=O) groups excluding carboxylic acids is 2. The molecule has 0 saturated heterocycles. The molecule has 3 aromatic carbocycles. The van der Waals surface area contributed by atoms with Gasteiger partial charge in [0, 0.05) is 35.8 Å². The summed E-state index contributed by atoms with van der Waals surface area (Å²) < 4.78 is 11.5. The number of nitrogens with zero attached hydrogens (tertiary/aromatic N) is 1. The molecule has 168 valence electrons. The van der Waals surface area contributed by atoms with Crippen molar-refractivity contribution in [1.82, 2.24) is 4.98 Å². The van der Waals surface area contributed by atoms with E-state index >= 15 is 0 Å². The smallest absolute Gasteiger partial charge is 0.265 e. The SMILES string of the molecule is O=C(Nc1ccc(Oc2ccncc2)cc1)c1cccc(NC(=O)C2Cc3ccccc3O2)c1. The summed E-state index contributed by atoms with van der Waals surface area (Å²) in [5, 5.41) is 5.70. The Hall–Kier alpha value is -4.65. The minimum absolute atomic E-state index is 0.251. The number of benzene rings is 3. The first-order chi connectivity index (χ1) is 16.6. The molecule has 1 atom stereocenters. The second kappa shape index (κ2) is 9.46. The predicted molar refractivity (Wildman–Crippen MR) is 128 cm³/mol. The standard InChI is InChI=1S/C27H21N3O4/c31-26(29-20-8-10-22(11-9-20)33-23-12-14-28-15-13-23)19-5-3-6-21(16-19)30-27(32)25-17-18-4-1-2-7-24(18)34-25/h1-16,25H,17H2,(H,29,31)(H,30,32). The minimum Gasteiger partial charge on any atom is -0.480 e. The lowest BCUT2D eigenvalue weighted by atomic mass is 10.1. The Morgan fingerprint density at radius 2 is 1.59 bits per heavy atom. The summed E-state index contributed by atoms with van der Waals surface area (Å²) in [6.07, 6.45) is 3.23. The van der Waals surface area contributed by atoms with Crippen LogP contribution in [0.2, 0.25) is 0 Å². The van der Waals surface area contributed by atoms with Gasteiger partial charge in [0.15, 0.2) is 6.10 Å². The van der Waals surface area contributed by atoms with Crippen LogP contribution in [-0.4, -0.2) is 22.9 Å². The van der Waals surface area contributed by atoms with Crippen LogP contribution in [0.3, 0.4) is 0 Å². The van der Waals surface area contributed by atoms with Crippen molar-refractivity contribution in [3.05, 3.63) is 108 Å². The second-order valence-corrected chi connectivity index (χ2v) is 7.75. The number of fused-ring (bicyclic) bond motifs is 1. The number of hydrogen-bond acceptors (Lipinski definition) is 5. The molecule has 0 aliphatic carbocycles. The van der Waals surface area contributed by atoms with Gasteiger partial charge in [-0.25, -0.2) is 0 Å². The van der Waals surface area contributed by atoms with E-state index in [0.717, 1.165) is 11.3 Å². The Kier molecular flexibility index (Phi) is 5.90. The molecule has 1 aliphatic rings. The van der Waals surface area contributed by atoms with Crippen molar-refractivity contribution in [2.45, 2.75) is 12.5 Å². The van der Waals surface area contributed by atoms with Gasteiger partial charge < -0.3 is 20.1 Å². The monoisotopic (exact) mass is 451 g/mol. The van der Waals surface area contributed by atoms with E-state index in [-0.39, 0.29) is 11.8 Å². The highest BCUT2D eigenvalue weighted by molar-refractivity contribution is 6.05. The summed E-state index contributed by atoms with van der Waals surface area (Å²) in [6.45, 7) is 0. The molecule has 0 radical (unpaired) electrons. The molecule has 0 fully saturated rings. The van der Waals surface area contributed by atoms with E-state index < -0.39 is 6.10 Å². The number of hydrogen-bond donors (Lipinski definition) is 2. The third-order valence-corrected chi connectivity index (χ3v) is 5.33. The first-order valence-electron chi connectivity index (χ1n) is 10.8. The van der Waals surface area contributed by atoms with E-state index in [1.165, 1.54) is 0 Å². The number of aromatic nitrogens is 1. The van der Waals surface area contributed by atoms with Gasteiger partial charge in [0.25, 0.3) is 11.8 Å². The Morgan fingerprint density at radius 3 is 2.38 bits per heavy atom. The number of carbonyl (C=O) groups is 2. The van der Waals surface area contributed by atoms with E-state index in [9.17, 15) is 9.59 Å². The summed E-state index contributed by atoms with van der Waals surface area (Å²) >= 11 is 0. The number of pyridine rings is 1. The third kappa shape index (κ3) is 4.88. The maximum atomic E-state index is 12.7. The molecular weight excluding hydrogens is 430 g/mol. The topological polar surface area (TPSA) is 89.5 Å². The molecule has 0 saturated carbocycles. The average molecular weight is 451 g/mol.